The lowest BCUT2D eigenvalue weighted by Crippen LogP contribution is -2.63. The number of carboxylic acids is 1. The number of sulfonamides is 1. The molecule has 3 N–H and O–H groups in total. The van der Waals surface area contributed by atoms with Crippen molar-refractivity contribution in [1.29, 1.82) is 0 Å². The molecule has 2 atom stereocenters. The average Bonchev–Trinajstić information content (AvgIpc) is 2.97. The molecule has 1 aliphatic carbocycles. The fourth-order valence-electron chi connectivity index (χ4n) is 5.83. The zero-order chi connectivity index (χ0) is 30.9. The second-order valence-corrected chi connectivity index (χ2v) is 13.5. The van der Waals surface area contributed by atoms with E-state index in [0.717, 1.165) is 5.56 Å². The first kappa shape index (κ1) is 30.9. The van der Waals surface area contributed by atoms with Crippen LogP contribution < -0.4 is 10.6 Å². The third-order valence-corrected chi connectivity index (χ3v) is 10.3. The van der Waals surface area contributed by atoms with Gasteiger partial charge in [-0.3, -0.25) is 9.59 Å². The highest BCUT2D eigenvalue weighted by atomic mass is 35.5. The molecule has 0 radical (unpaired) electrons. The Kier molecular flexibility index (Phi) is 9.07. The molecule has 1 saturated carbocycles. The highest BCUT2D eigenvalue weighted by Gasteiger charge is 2.51. The summed E-state index contributed by atoms with van der Waals surface area (Å²) < 4.78 is 28.8. The first-order valence-corrected chi connectivity index (χ1v) is 16.0. The second kappa shape index (κ2) is 12.6. The van der Waals surface area contributed by atoms with Crippen molar-refractivity contribution in [2.75, 3.05) is 5.32 Å². The molecule has 0 unspecified atom stereocenters. The van der Waals surface area contributed by atoms with E-state index < -0.39 is 39.9 Å². The van der Waals surface area contributed by atoms with Gasteiger partial charge in [-0.1, -0.05) is 53.0 Å². The van der Waals surface area contributed by atoms with Crippen molar-refractivity contribution < 1.29 is 27.9 Å². The number of halogens is 2. The molecule has 10 nitrogen and oxygen atoms in total. The van der Waals surface area contributed by atoms with Crippen LogP contribution in [-0.2, 0) is 26.0 Å². The fraction of sp³-hybridized carbons (Fsp3) is 0.333. The van der Waals surface area contributed by atoms with E-state index in [2.05, 4.69) is 15.6 Å². The van der Waals surface area contributed by atoms with E-state index in [1.54, 1.807) is 36.4 Å². The summed E-state index contributed by atoms with van der Waals surface area (Å²) in [6.45, 7) is 1.86. The van der Waals surface area contributed by atoms with Gasteiger partial charge in [0.25, 0.3) is 5.91 Å². The number of aliphatic carboxylic acids is 1. The molecule has 3 heterocycles. The largest absolute Gasteiger partial charge is 0.480 e. The van der Waals surface area contributed by atoms with Crippen LogP contribution in [0.2, 0.25) is 10.3 Å². The summed E-state index contributed by atoms with van der Waals surface area (Å²) in [5.74, 6) is -2.52. The molecular formula is C30H30Cl2N4O6S. The van der Waals surface area contributed by atoms with Gasteiger partial charge in [0.2, 0.25) is 15.9 Å². The monoisotopic (exact) mass is 644 g/mol. The van der Waals surface area contributed by atoms with Crippen LogP contribution in [-0.4, -0.2) is 58.7 Å². The number of amides is 2. The van der Waals surface area contributed by atoms with Gasteiger partial charge in [0.05, 0.1) is 4.90 Å². The van der Waals surface area contributed by atoms with Gasteiger partial charge in [-0.05, 0) is 80.5 Å². The van der Waals surface area contributed by atoms with E-state index in [1.165, 1.54) is 28.6 Å². The number of hydrogen-bond donors (Lipinski definition) is 3. The predicted octanol–water partition coefficient (Wildman–Crippen LogP) is 4.69. The lowest BCUT2D eigenvalue weighted by Gasteiger charge is -2.49. The number of benzene rings is 2. The maximum Gasteiger partial charge on any atom is 0.326 e. The minimum atomic E-state index is -3.99. The van der Waals surface area contributed by atoms with Crippen molar-refractivity contribution in [3.05, 3.63) is 87.7 Å². The Morgan fingerprint density at radius 1 is 0.977 bits per heavy atom. The molecule has 6 rings (SSSR count). The van der Waals surface area contributed by atoms with Crippen molar-refractivity contribution >= 4 is 56.7 Å². The van der Waals surface area contributed by atoms with E-state index >= 15 is 0 Å². The quantitative estimate of drug-likeness (QED) is 0.286. The molecule has 3 aliphatic rings. The highest BCUT2D eigenvalue weighted by molar-refractivity contribution is 7.89. The lowest BCUT2D eigenvalue weighted by molar-refractivity contribution is -0.143. The Morgan fingerprint density at radius 2 is 1.58 bits per heavy atom. The normalized spacial score (nSPS) is 20.8. The van der Waals surface area contributed by atoms with E-state index in [9.17, 15) is 27.9 Å². The summed E-state index contributed by atoms with van der Waals surface area (Å²) in [7, 11) is -3.99. The summed E-state index contributed by atoms with van der Waals surface area (Å²) in [5.41, 5.74) is 2.17. The molecule has 2 bridgehead atoms. The molecule has 1 aromatic heterocycles. The number of anilines is 1. The number of aromatic nitrogens is 1. The van der Waals surface area contributed by atoms with Crippen LogP contribution in [0, 0.1) is 12.8 Å². The number of fused-ring (bicyclic) bond motifs is 3. The van der Waals surface area contributed by atoms with E-state index in [4.69, 9.17) is 23.2 Å². The molecular weight excluding hydrogens is 615 g/mol. The third-order valence-electron chi connectivity index (χ3n) is 7.98. The second-order valence-electron chi connectivity index (χ2n) is 10.9. The van der Waals surface area contributed by atoms with Gasteiger partial charge in [0.15, 0.2) is 0 Å². The molecule has 2 aliphatic heterocycles. The SMILES string of the molecule is Cc1ccc(S(=O)(=O)N2C3CCC(CC3)[C@H]2C(=O)N[C@@H](Cc2ccc(NC(=O)c3cc(Cl)nc(Cl)c3)cc2)C(=O)O)cc1. The maximum absolute atomic E-state index is 13.7. The number of carbonyl (C=O) groups excluding carboxylic acids is 2. The van der Waals surface area contributed by atoms with Crippen LogP contribution >= 0.6 is 23.2 Å². The summed E-state index contributed by atoms with van der Waals surface area (Å²) in [6, 6.07) is 13.1. The minimum absolute atomic E-state index is 0.0452. The Hall–Kier alpha value is -3.51. The molecule has 0 spiro atoms. The molecule has 3 fully saturated rings. The third kappa shape index (κ3) is 6.85. The number of hydrogen-bond acceptors (Lipinski definition) is 6. The summed E-state index contributed by atoms with van der Waals surface area (Å²) >= 11 is 11.7. The van der Waals surface area contributed by atoms with Crippen molar-refractivity contribution in [1.82, 2.24) is 14.6 Å². The number of nitrogens with zero attached hydrogens (tertiary/aromatic N) is 2. The molecule has 3 aromatic rings. The van der Waals surface area contributed by atoms with Gasteiger partial charge in [0, 0.05) is 23.7 Å². The summed E-state index contributed by atoms with van der Waals surface area (Å²) in [6.07, 6.45) is 2.67. The number of carbonyl (C=O) groups is 3. The standard InChI is InChI=1S/C30H30Cl2N4O6S/c1-17-2-12-23(13-3-17)43(41,42)36-22-10-6-19(7-11-22)27(36)29(38)34-24(30(39)40)14-18-4-8-21(9-5-18)33-28(37)20-15-25(31)35-26(32)16-20/h2-5,8-9,12-13,15-16,19,22,24,27H,6-7,10-11,14H2,1H3,(H,33,37)(H,34,38)(H,39,40)/t19?,22?,24-,27-/m0/s1. The van der Waals surface area contributed by atoms with Gasteiger partial charge in [0.1, 0.15) is 22.4 Å². The number of nitrogens with one attached hydrogen (secondary N) is 2. The molecule has 2 aromatic carbocycles. The minimum Gasteiger partial charge on any atom is -0.480 e. The van der Waals surface area contributed by atoms with Crippen LogP contribution in [0.1, 0.15) is 47.2 Å². The van der Waals surface area contributed by atoms with Crippen molar-refractivity contribution in [2.24, 2.45) is 5.92 Å². The van der Waals surface area contributed by atoms with Crippen molar-refractivity contribution in [3.63, 3.8) is 0 Å². The lowest BCUT2D eigenvalue weighted by atomic mass is 9.76. The molecule has 226 valence electrons. The van der Waals surface area contributed by atoms with E-state index in [1.807, 2.05) is 6.92 Å². The Morgan fingerprint density at radius 3 is 2.16 bits per heavy atom. The van der Waals surface area contributed by atoms with Crippen LogP contribution in [0.4, 0.5) is 5.69 Å². The first-order chi connectivity index (χ1) is 20.4. The molecule has 2 amide bonds. The number of rotatable bonds is 9. The number of piperidine rings is 2. The topological polar surface area (TPSA) is 146 Å². The van der Waals surface area contributed by atoms with Crippen molar-refractivity contribution in [2.45, 2.75) is 62.0 Å². The van der Waals surface area contributed by atoms with Gasteiger partial charge in [-0.15, -0.1) is 0 Å². The predicted molar refractivity (Wildman–Crippen MR) is 162 cm³/mol. The summed E-state index contributed by atoms with van der Waals surface area (Å²) in [4.78, 5) is 42.3. The van der Waals surface area contributed by atoms with Gasteiger partial charge in [-0.25, -0.2) is 18.2 Å². The number of carboxylic acid groups (broad SMARTS) is 1. The fourth-order valence-corrected chi connectivity index (χ4v) is 8.18. The Balaban J connectivity index is 1.29. The zero-order valence-electron chi connectivity index (χ0n) is 23.2. The highest BCUT2D eigenvalue weighted by Crippen LogP contribution is 2.42. The Bertz CT molecular complexity index is 1620. The smallest absolute Gasteiger partial charge is 0.326 e. The Labute approximate surface area is 259 Å². The van der Waals surface area contributed by atoms with Gasteiger partial charge >= 0.3 is 5.97 Å². The van der Waals surface area contributed by atoms with Gasteiger partial charge < -0.3 is 15.7 Å². The van der Waals surface area contributed by atoms with Gasteiger partial charge in [-0.2, -0.15) is 4.31 Å². The van der Waals surface area contributed by atoms with E-state index in [0.29, 0.717) is 36.9 Å². The molecule has 13 heteroatoms. The zero-order valence-corrected chi connectivity index (χ0v) is 25.5. The van der Waals surface area contributed by atoms with Crippen LogP contribution in [0.15, 0.2) is 65.6 Å². The average molecular weight is 646 g/mol. The van der Waals surface area contributed by atoms with Crippen LogP contribution in [0.3, 0.4) is 0 Å². The van der Waals surface area contributed by atoms with Crippen LogP contribution in [0.5, 0.6) is 0 Å². The van der Waals surface area contributed by atoms with Crippen LogP contribution in [0.25, 0.3) is 0 Å². The molecule has 43 heavy (non-hydrogen) atoms. The number of aryl methyl sites for hydroxylation is 1. The summed E-state index contributed by atoms with van der Waals surface area (Å²) in [5, 5.41) is 15.4. The number of pyridine rings is 1. The van der Waals surface area contributed by atoms with Crippen molar-refractivity contribution in [3.8, 4) is 0 Å². The first-order valence-electron chi connectivity index (χ1n) is 13.8. The maximum atomic E-state index is 13.7. The molecule has 2 saturated heterocycles. The van der Waals surface area contributed by atoms with E-state index in [-0.39, 0.29) is 39.1 Å².